The maximum absolute atomic E-state index is 2.54. The van der Waals surface area contributed by atoms with Crippen molar-refractivity contribution in [1.29, 1.82) is 0 Å². The molecule has 0 bridgehead atoms. The second-order valence-corrected chi connectivity index (χ2v) is 19.1. The SMILES string of the molecule is CC(C)(C)c1cc(-c2ccccc2)cc(N(c2cc(-c3ccccc3)cc(C(C)(C)C)c2)c2ccc3ccc4c(-n5c6ccccc6c6ccccc65)ccc5ccc2c3c54)c1. The summed E-state index contributed by atoms with van der Waals surface area (Å²) in [6.45, 7) is 13.9. The molecule has 0 aliphatic heterocycles. The lowest BCUT2D eigenvalue weighted by molar-refractivity contribution is 0.590. The van der Waals surface area contributed by atoms with Crippen LogP contribution in [0.4, 0.5) is 17.1 Å². The predicted molar refractivity (Wildman–Crippen MR) is 267 cm³/mol. The molecular weight excluding hydrogens is 749 g/mol. The second kappa shape index (κ2) is 14.2. The van der Waals surface area contributed by atoms with E-state index in [0.29, 0.717) is 0 Å². The average molecular weight is 799 g/mol. The second-order valence-electron chi connectivity index (χ2n) is 19.1. The Bertz CT molecular complexity index is 3310. The molecule has 0 spiro atoms. The fourth-order valence-corrected chi connectivity index (χ4v) is 9.71. The van der Waals surface area contributed by atoms with Gasteiger partial charge < -0.3 is 9.47 Å². The van der Waals surface area contributed by atoms with Crippen molar-refractivity contribution in [3.8, 4) is 27.9 Å². The minimum atomic E-state index is -0.0838. The van der Waals surface area contributed by atoms with E-state index in [0.717, 1.165) is 17.1 Å². The molecule has 11 rings (SSSR count). The Hall–Kier alpha value is -7.16. The molecule has 0 saturated carbocycles. The molecule has 1 heterocycles. The van der Waals surface area contributed by atoms with Crippen molar-refractivity contribution in [2.24, 2.45) is 0 Å². The van der Waals surface area contributed by atoms with Crippen molar-refractivity contribution in [1.82, 2.24) is 4.57 Å². The van der Waals surface area contributed by atoms with E-state index in [2.05, 4.69) is 245 Å². The Morgan fingerprint density at radius 3 is 1.31 bits per heavy atom. The van der Waals surface area contributed by atoms with Crippen LogP contribution in [0.15, 0.2) is 194 Å². The van der Waals surface area contributed by atoms with Gasteiger partial charge in [-0.3, -0.25) is 0 Å². The molecule has 0 fully saturated rings. The van der Waals surface area contributed by atoms with Gasteiger partial charge in [0.2, 0.25) is 0 Å². The molecule has 62 heavy (non-hydrogen) atoms. The van der Waals surface area contributed by atoms with Crippen LogP contribution >= 0.6 is 0 Å². The van der Waals surface area contributed by atoms with Crippen LogP contribution in [-0.2, 0) is 10.8 Å². The Morgan fingerprint density at radius 1 is 0.355 bits per heavy atom. The normalized spacial score (nSPS) is 12.4. The molecule has 11 aromatic rings. The Labute approximate surface area is 364 Å². The Balaban J connectivity index is 1.23. The predicted octanol–water partition coefficient (Wildman–Crippen LogP) is 17.1. The third-order valence-electron chi connectivity index (χ3n) is 13.0. The summed E-state index contributed by atoms with van der Waals surface area (Å²) in [6, 6.07) is 72.5. The lowest BCUT2D eigenvalue weighted by atomic mass is 9.84. The maximum atomic E-state index is 2.54. The van der Waals surface area contributed by atoms with Gasteiger partial charge in [-0.2, -0.15) is 0 Å². The van der Waals surface area contributed by atoms with Crippen molar-refractivity contribution in [3.05, 3.63) is 205 Å². The van der Waals surface area contributed by atoms with Gasteiger partial charge >= 0.3 is 0 Å². The first-order valence-corrected chi connectivity index (χ1v) is 21.9. The number of hydrogen-bond acceptors (Lipinski definition) is 1. The first-order valence-electron chi connectivity index (χ1n) is 21.9. The third kappa shape index (κ3) is 6.24. The largest absolute Gasteiger partial charge is 0.310 e. The van der Waals surface area contributed by atoms with E-state index in [1.54, 1.807) is 0 Å². The number of nitrogens with zero attached hydrogens (tertiary/aromatic N) is 2. The molecule has 0 aliphatic carbocycles. The summed E-state index contributed by atoms with van der Waals surface area (Å²) in [5.41, 5.74) is 14.3. The van der Waals surface area contributed by atoms with Crippen LogP contribution in [0.1, 0.15) is 52.7 Å². The highest BCUT2D eigenvalue weighted by atomic mass is 15.1. The zero-order chi connectivity index (χ0) is 42.3. The van der Waals surface area contributed by atoms with Gasteiger partial charge in [0.1, 0.15) is 0 Å². The van der Waals surface area contributed by atoms with E-state index in [-0.39, 0.29) is 10.8 Å². The number of benzene rings is 10. The smallest absolute Gasteiger partial charge is 0.0541 e. The lowest BCUT2D eigenvalue weighted by Gasteiger charge is -2.32. The number of anilines is 3. The average Bonchev–Trinajstić information content (AvgIpc) is 3.62. The van der Waals surface area contributed by atoms with Crippen LogP contribution in [0.25, 0.3) is 82.1 Å². The highest BCUT2D eigenvalue weighted by Crippen LogP contribution is 2.48. The zero-order valence-corrected chi connectivity index (χ0v) is 36.4. The maximum Gasteiger partial charge on any atom is 0.0541 e. The van der Waals surface area contributed by atoms with Crippen molar-refractivity contribution in [2.45, 2.75) is 52.4 Å². The minimum Gasteiger partial charge on any atom is -0.310 e. The van der Waals surface area contributed by atoms with E-state index in [1.807, 2.05) is 0 Å². The van der Waals surface area contributed by atoms with Crippen LogP contribution in [0, 0.1) is 0 Å². The van der Waals surface area contributed by atoms with E-state index in [9.17, 15) is 0 Å². The molecule has 0 amide bonds. The highest BCUT2D eigenvalue weighted by molar-refractivity contribution is 6.27. The molecular formula is C60H50N2. The van der Waals surface area contributed by atoms with Crippen LogP contribution in [0.3, 0.4) is 0 Å². The molecule has 10 aromatic carbocycles. The van der Waals surface area contributed by atoms with Crippen molar-refractivity contribution in [3.63, 3.8) is 0 Å². The molecule has 1 aromatic heterocycles. The molecule has 0 atom stereocenters. The first kappa shape index (κ1) is 37.8. The molecule has 2 nitrogen and oxygen atoms in total. The van der Waals surface area contributed by atoms with Gasteiger partial charge in [0.05, 0.1) is 22.4 Å². The van der Waals surface area contributed by atoms with Crippen LogP contribution in [0.2, 0.25) is 0 Å². The number of hydrogen-bond donors (Lipinski definition) is 0. The summed E-state index contributed by atoms with van der Waals surface area (Å²) in [7, 11) is 0. The molecule has 0 unspecified atom stereocenters. The quantitative estimate of drug-likeness (QED) is 0.152. The Morgan fingerprint density at radius 2 is 0.790 bits per heavy atom. The molecule has 0 aliphatic rings. The number of fused-ring (bicyclic) bond motifs is 3. The minimum absolute atomic E-state index is 0.0838. The van der Waals surface area contributed by atoms with E-state index >= 15 is 0 Å². The third-order valence-corrected chi connectivity index (χ3v) is 13.0. The van der Waals surface area contributed by atoms with E-state index in [4.69, 9.17) is 0 Å². The van der Waals surface area contributed by atoms with E-state index < -0.39 is 0 Å². The van der Waals surface area contributed by atoms with Gasteiger partial charge in [-0.1, -0.05) is 187 Å². The van der Waals surface area contributed by atoms with Crippen LogP contribution < -0.4 is 4.90 Å². The zero-order valence-electron chi connectivity index (χ0n) is 36.4. The van der Waals surface area contributed by atoms with Gasteiger partial charge in [-0.15, -0.1) is 0 Å². The monoisotopic (exact) mass is 798 g/mol. The molecule has 0 saturated heterocycles. The Kier molecular flexibility index (Phi) is 8.67. The van der Waals surface area contributed by atoms with Gasteiger partial charge in [-0.05, 0) is 114 Å². The summed E-state index contributed by atoms with van der Waals surface area (Å²) >= 11 is 0. The lowest BCUT2D eigenvalue weighted by Crippen LogP contribution is -2.17. The molecule has 300 valence electrons. The topological polar surface area (TPSA) is 8.17 Å². The highest BCUT2D eigenvalue weighted by Gasteiger charge is 2.26. The van der Waals surface area contributed by atoms with Crippen molar-refractivity contribution in [2.75, 3.05) is 4.90 Å². The fourth-order valence-electron chi connectivity index (χ4n) is 9.71. The van der Waals surface area contributed by atoms with Crippen LogP contribution in [-0.4, -0.2) is 4.57 Å². The number of para-hydroxylation sites is 2. The van der Waals surface area contributed by atoms with Crippen molar-refractivity contribution >= 4 is 71.2 Å². The summed E-state index contributed by atoms with van der Waals surface area (Å²) in [6.07, 6.45) is 0. The van der Waals surface area contributed by atoms with Gasteiger partial charge in [0, 0.05) is 32.9 Å². The van der Waals surface area contributed by atoms with Crippen LogP contribution in [0.5, 0.6) is 0 Å². The summed E-state index contributed by atoms with van der Waals surface area (Å²) in [4.78, 5) is 2.54. The number of rotatable bonds is 6. The summed E-state index contributed by atoms with van der Waals surface area (Å²) in [5.74, 6) is 0. The van der Waals surface area contributed by atoms with Gasteiger partial charge in [0.15, 0.2) is 0 Å². The fraction of sp³-hybridized carbons (Fsp3) is 0.133. The van der Waals surface area contributed by atoms with Gasteiger partial charge in [-0.25, -0.2) is 0 Å². The standard InChI is InChI=1S/C60H50N2/c1-59(2,3)45-33-43(39-17-9-7-10-18-39)35-47(37-45)61(48-36-44(40-19-11-8-12-20-40)34-46(38-48)60(4,5)6)55-31-27-41-26-30-52-56(32-28-42-25-29-51(55)57(41)58(42)52)62-53-23-15-13-21-49(53)50-22-14-16-24-54(50)62/h7-38H,1-6H3. The number of aromatic nitrogens is 1. The van der Waals surface area contributed by atoms with Gasteiger partial charge in [0.25, 0.3) is 0 Å². The van der Waals surface area contributed by atoms with Crippen molar-refractivity contribution < 1.29 is 0 Å². The summed E-state index contributed by atoms with van der Waals surface area (Å²) in [5, 5.41) is 10.1. The molecule has 0 N–H and O–H groups in total. The summed E-state index contributed by atoms with van der Waals surface area (Å²) < 4.78 is 2.47. The molecule has 2 heteroatoms. The molecule has 0 radical (unpaired) electrons. The van der Waals surface area contributed by atoms with E-state index in [1.165, 1.54) is 93.2 Å². The first-order chi connectivity index (χ1) is 30.0.